The molecule has 3 N–H and O–H groups in total. The zero-order valence-electron chi connectivity index (χ0n) is 8.13. The zero-order chi connectivity index (χ0) is 10.7. The summed E-state index contributed by atoms with van der Waals surface area (Å²) in [6, 6.07) is 0. The maximum Gasteiger partial charge on any atom is 0.409 e. The summed E-state index contributed by atoms with van der Waals surface area (Å²) in [7, 11) is 0. The molecule has 7 heteroatoms. The van der Waals surface area contributed by atoms with E-state index in [9.17, 15) is 4.79 Å². The Balaban J connectivity index is 2.07. The van der Waals surface area contributed by atoms with E-state index in [0.29, 0.717) is 19.6 Å². The standard InChI is InChI=1S/C8H13N5O2/c14-8(15)12-5-4-9-6-7(12)13-10-2-1-3-11-13/h1-3,7,9-10H,4-6H2,(H,14,15). The van der Waals surface area contributed by atoms with E-state index < -0.39 is 6.09 Å². The van der Waals surface area contributed by atoms with Gasteiger partial charge in [0.15, 0.2) is 6.17 Å². The van der Waals surface area contributed by atoms with Crippen molar-refractivity contribution in [2.75, 3.05) is 19.6 Å². The van der Waals surface area contributed by atoms with E-state index in [4.69, 9.17) is 5.11 Å². The molecule has 2 aliphatic rings. The van der Waals surface area contributed by atoms with Gasteiger partial charge in [-0.1, -0.05) is 0 Å². The molecule has 2 rings (SSSR count). The van der Waals surface area contributed by atoms with Crippen LogP contribution in [0.2, 0.25) is 0 Å². The van der Waals surface area contributed by atoms with Crippen molar-refractivity contribution in [2.45, 2.75) is 6.17 Å². The highest BCUT2D eigenvalue weighted by Crippen LogP contribution is 2.08. The molecule has 1 fully saturated rings. The minimum atomic E-state index is -0.923. The topological polar surface area (TPSA) is 80.2 Å². The van der Waals surface area contributed by atoms with Gasteiger partial charge >= 0.3 is 6.09 Å². The minimum absolute atomic E-state index is 0.308. The molecule has 0 saturated carbocycles. The van der Waals surface area contributed by atoms with Crippen molar-refractivity contribution in [3.8, 4) is 0 Å². The average molecular weight is 211 g/mol. The molecule has 2 heterocycles. The van der Waals surface area contributed by atoms with E-state index in [0.717, 1.165) is 0 Å². The van der Waals surface area contributed by atoms with Gasteiger partial charge in [0.1, 0.15) is 0 Å². The van der Waals surface area contributed by atoms with Gasteiger partial charge in [-0.05, 0) is 6.08 Å². The first kappa shape index (κ1) is 9.78. The van der Waals surface area contributed by atoms with Crippen LogP contribution in [0, 0.1) is 0 Å². The number of hydrogen-bond acceptors (Lipinski definition) is 5. The van der Waals surface area contributed by atoms with Gasteiger partial charge in [0.2, 0.25) is 0 Å². The Morgan fingerprint density at radius 3 is 3.13 bits per heavy atom. The van der Waals surface area contributed by atoms with Gasteiger partial charge in [0, 0.05) is 25.8 Å². The molecule has 0 radical (unpaired) electrons. The van der Waals surface area contributed by atoms with Crippen LogP contribution in [0.5, 0.6) is 0 Å². The van der Waals surface area contributed by atoms with Gasteiger partial charge in [-0.15, -0.1) is 0 Å². The summed E-state index contributed by atoms with van der Waals surface area (Å²) in [4.78, 5) is 12.3. The monoisotopic (exact) mass is 211 g/mol. The normalized spacial score (nSPS) is 25.2. The number of hydrazone groups is 1. The van der Waals surface area contributed by atoms with E-state index in [2.05, 4.69) is 15.8 Å². The highest BCUT2D eigenvalue weighted by Gasteiger charge is 2.30. The van der Waals surface area contributed by atoms with E-state index in [1.54, 1.807) is 18.5 Å². The maximum absolute atomic E-state index is 11.0. The predicted molar refractivity (Wildman–Crippen MR) is 54.0 cm³/mol. The van der Waals surface area contributed by atoms with Gasteiger partial charge in [-0.25, -0.2) is 4.79 Å². The van der Waals surface area contributed by atoms with Crippen LogP contribution in [-0.2, 0) is 0 Å². The molecule has 0 aromatic heterocycles. The number of amides is 1. The van der Waals surface area contributed by atoms with Crippen molar-refractivity contribution in [3.63, 3.8) is 0 Å². The molecule has 0 aromatic rings. The third-order valence-corrected chi connectivity index (χ3v) is 2.32. The van der Waals surface area contributed by atoms with Crippen LogP contribution in [0.1, 0.15) is 0 Å². The van der Waals surface area contributed by atoms with Gasteiger partial charge in [0.25, 0.3) is 0 Å². The van der Waals surface area contributed by atoms with Crippen LogP contribution in [-0.4, -0.2) is 53.2 Å². The molecular weight excluding hydrogens is 198 g/mol. The Morgan fingerprint density at radius 1 is 1.60 bits per heavy atom. The van der Waals surface area contributed by atoms with Crippen LogP contribution in [0.15, 0.2) is 17.4 Å². The number of nitrogens with one attached hydrogen (secondary N) is 2. The third-order valence-electron chi connectivity index (χ3n) is 2.32. The second kappa shape index (κ2) is 4.18. The zero-order valence-corrected chi connectivity index (χ0v) is 8.13. The van der Waals surface area contributed by atoms with Crippen LogP contribution >= 0.6 is 0 Å². The van der Waals surface area contributed by atoms with Gasteiger partial charge < -0.3 is 10.4 Å². The number of rotatable bonds is 1. The Bertz CT molecular complexity index is 303. The molecule has 15 heavy (non-hydrogen) atoms. The number of carboxylic acid groups (broad SMARTS) is 1. The second-order valence-electron chi connectivity index (χ2n) is 3.26. The van der Waals surface area contributed by atoms with Crippen LogP contribution in [0.3, 0.4) is 0 Å². The lowest BCUT2D eigenvalue weighted by Gasteiger charge is -2.39. The minimum Gasteiger partial charge on any atom is -0.465 e. The van der Waals surface area contributed by atoms with E-state index in [1.165, 1.54) is 10.0 Å². The number of carbonyl (C=O) groups is 1. The van der Waals surface area contributed by atoms with E-state index in [-0.39, 0.29) is 6.17 Å². The molecule has 0 aromatic carbocycles. The fraction of sp³-hybridized carbons (Fsp3) is 0.500. The molecule has 0 aliphatic carbocycles. The molecule has 82 valence electrons. The first-order valence-corrected chi connectivity index (χ1v) is 4.74. The Labute approximate surface area is 87.0 Å². The lowest BCUT2D eigenvalue weighted by atomic mass is 10.3. The number of allylic oxidation sites excluding steroid dienone is 1. The molecule has 1 unspecified atom stereocenters. The van der Waals surface area contributed by atoms with Crippen molar-refractivity contribution < 1.29 is 9.90 Å². The highest BCUT2D eigenvalue weighted by atomic mass is 16.4. The molecular formula is C8H13N5O2. The molecule has 0 bridgehead atoms. The van der Waals surface area contributed by atoms with Crippen molar-refractivity contribution >= 4 is 12.3 Å². The largest absolute Gasteiger partial charge is 0.465 e. The fourth-order valence-electron chi connectivity index (χ4n) is 1.60. The lowest BCUT2D eigenvalue weighted by Crippen LogP contribution is -2.61. The van der Waals surface area contributed by atoms with Gasteiger partial charge in [0.05, 0.1) is 6.21 Å². The summed E-state index contributed by atoms with van der Waals surface area (Å²) < 4.78 is 0. The fourth-order valence-corrected chi connectivity index (χ4v) is 1.60. The Hall–Kier alpha value is -1.76. The predicted octanol–water partition coefficient (Wildman–Crippen LogP) is -0.785. The summed E-state index contributed by atoms with van der Waals surface area (Å²) in [5.74, 6) is 0. The van der Waals surface area contributed by atoms with Gasteiger partial charge in [-0.3, -0.25) is 10.3 Å². The Kier molecular flexibility index (Phi) is 2.72. The molecule has 1 amide bonds. The molecule has 1 atom stereocenters. The summed E-state index contributed by atoms with van der Waals surface area (Å²) in [5.41, 5.74) is 2.88. The van der Waals surface area contributed by atoms with Crippen molar-refractivity contribution in [1.29, 1.82) is 0 Å². The second-order valence-corrected chi connectivity index (χ2v) is 3.26. The Morgan fingerprint density at radius 2 is 2.47 bits per heavy atom. The SMILES string of the molecule is O=C(O)N1CCNCC1N1N=CC=CN1. The van der Waals surface area contributed by atoms with Crippen LogP contribution < -0.4 is 10.7 Å². The highest BCUT2D eigenvalue weighted by molar-refractivity contribution is 5.71. The van der Waals surface area contributed by atoms with E-state index >= 15 is 0 Å². The van der Waals surface area contributed by atoms with E-state index in [1.807, 2.05) is 0 Å². The van der Waals surface area contributed by atoms with Gasteiger partial charge in [-0.2, -0.15) is 10.2 Å². The smallest absolute Gasteiger partial charge is 0.409 e. The first-order chi connectivity index (χ1) is 7.29. The lowest BCUT2D eigenvalue weighted by molar-refractivity contribution is 0.00969. The van der Waals surface area contributed by atoms with Crippen LogP contribution in [0.25, 0.3) is 0 Å². The van der Waals surface area contributed by atoms with Crippen molar-refractivity contribution in [2.24, 2.45) is 5.10 Å². The molecule has 7 nitrogen and oxygen atoms in total. The summed E-state index contributed by atoms with van der Waals surface area (Å²) in [5, 5.41) is 17.7. The molecule has 2 aliphatic heterocycles. The number of nitrogens with zero attached hydrogens (tertiary/aromatic N) is 3. The maximum atomic E-state index is 11.0. The molecule has 0 spiro atoms. The summed E-state index contributed by atoms with van der Waals surface area (Å²) >= 11 is 0. The summed E-state index contributed by atoms with van der Waals surface area (Å²) in [6.07, 6.45) is 3.84. The van der Waals surface area contributed by atoms with Crippen LogP contribution in [0.4, 0.5) is 4.79 Å². The summed E-state index contributed by atoms with van der Waals surface area (Å²) in [6.45, 7) is 1.71. The van der Waals surface area contributed by atoms with Crippen molar-refractivity contribution in [3.05, 3.63) is 12.3 Å². The third kappa shape index (κ3) is 2.01. The average Bonchev–Trinajstić information content (AvgIpc) is 2.30. The van der Waals surface area contributed by atoms with Crippen molar-refractivity contribution in [1.82, 2.24) is 20.8 Å². The quantitative estimate of drug-likeness (QED) is 0.530. The number of hydrogen-bond donors (Lipinski definition) is 3. The number of hydrazine groups is 1. The first-order valence-electron chi connectivity index (χ1n) is 4.74. The molecule has 1 saturated heterocycles. The number of piperazine rings is 1.